The lowest BCUT2D eigenvalue weighted by Gasteiger charge is -2.32. The molecule has 3 heterocycles. The zero-order chi connectivity index (χ0) is 14.8. The second-order valence-electron chi connectivity index (χ2n) is 5.60. The Balaban J connectivity index is 1.66. The van der Waals surface area contributed by atoms with Crippen molar-refractivity contribution in [3.05, 3.63) is 30.1 Å². The monoisotopic (exact) mass is 288 g/mol. The quantitative estimate of drug-likeness (QED) is 0.843. The van der Waals surface area contributed by atoms with Crippen LogP contribution in [-0.4, -0.2) is 48.4 Å². The molecule has 1 amide bonds. The van der Waals surface area contributed by atoms with Gasteiger partial charge in [-0.05, 0) is 32.8 Å². The second kappa shape index (κ2) is 5.67. The van der Waals surface area contributed by atoms with Crippen LogP contribution in [0, 0.1) is 13.8 Å². The molecular formula is C14H20N6O. The van der Waals surface area contributed by atoms with Crippen LogP contribution >= 0.6 is 0 Å². The number of likely N-dealkylation sites (tertiary alicyclic amines) is 1. The van der Waals surface area contributed by atoms with Crippen molar-refractivity contribution in [1.82, 2.24) is 29.4 Å². The minimum absolute atomic E-state index is 0.117. The van der Waals surface area contributed by atoms with Crippen molar-refractivity contribution in [3.63, 3.8) is 0 Å². The van der Waals surface area contributed by atoms with E-state index in [0.717, 1.165) is 30.8 Å². The zero-order valence-electron chi connectivity index (χ0n) is 12.4. The average Bonchev–Trinajstić information content (AvgIpc) is 3.09. The Morgan fingerprint density at radius 3 is 2.95 bits per heavy atom. The van der Waals surface area contributed by atoms with Crippen molar-refractivity contribution in [3.8, 4) is 0 Å². The van der Waals surface area contributed by atoms with Gasteiger partial charge in [-0.1, -0.05) is 0 Å². The summed E-state index contributed by atoms with van der Waals surface area (Å²) in [5, 5.41) is 8.54. The van der Waals surface area contributed by atoms with Crippen molar-refractivity contribution in [2.24, 2.45) is 0 Å². The number of carbonyl (C=O) groups excluding carboxylic acids is 1. The molecule has 1 aliphatic heterocycles. The van der Waals surface area contributed by atoms with Gasteiger partial charge in [0.05, 0.1) is 11.7 Å². The summed E-state index contributed by atoms with van der Waals surface area (Å²) in [6.45, 7) is 5.73. The number of aryl methyl sites for hydroxylation is 2. The van der Waals surface area contributed by atoms with E-state index in [2.05, 4.69) is 15.2 Å². The topological polar surface area (TPSA) is 68.8 Å². The van der Waals surface area contributed by atoms with E-state index < -0.39 is 0 Å². The Morgan fingerprint density at radius 2 is 2.29 bits per heavy atom. The fourth-order valence-corrected chi connectivity index (χ4v) is 2.87. The molecule has 112 valence electrons. The minimum Gasteiger partial charge on any atom is -0.339 e. The molecular weight excluding hydrogens is 268 g/mol. The fourth-order valence-electron chi connectivity index (χ4n) is 2.87. The highest BCUT2D eigenvalue weighted by Gasteiger charge is 2.25. The van der Waals surface area contributed by atoms with Crippen LogP contribution in [0.5, 0.6) is 0 Å². The first-order chi connectivity index (χ1) is 10.1. The third-order valence-electron chi connectivity index (χ3n) is 3.95. The molecule has 1 atom stereocenters. The van der Waals surface area contributed by atoms with Crippen LogP contribution in [0.3, 0.4) is 0 Å². The fraction of sp³-hybridized carbons (Fsp3) is 0.571. The van der Waals surface area contributed by atoms with Crippen molar-refractivity contribution in [2.45, 2.75) is 39.3 Å². The van der Waals surface area contributed by atoms with Gasteiger partial charge >= 0.3 is 0 Å². The Morgan fingerprint density at radius 1 is 1.43 bits per heavy atom. The molecule has 0 aromatic carbocycles. The summed E-state index contributed by atoms with van der Waals surface area (Å²) in [6, 6.07) is 2.22. The van der Waals surface area contributed by atoms with Gasteiger partial charge in [0.15, 0.2) is 0 Å². The molecule has 3 rings (SSSR count). The van der Waals surface area contributed by atoms with Crippen LogP contribution < -0.4 is 0 Å². The normalized spacial score (nSPS) is 19.0. The Kier molecular flexibility index (Phi) is 3.72. The van der Waals surface area contributed by atoms with Gasteiger partial charge in [0.25, 0.3) is 0 Å². The molecule has 0 N–H and O–H groups in total. The largest absolute Gasteiger partial charge is 0.339 e. The lowest BCUT2D eigenvalue weighted by Crippen LogP contribution is -2.42. The molecule has 1 aliphatic rings. The van der Waals surface area contributed by atoms with E-state index >= 15 is 0 Å². The number of rotatable bonds is 3. The SMILES string of the molecule is Cc1cc(C)n(CC(=O)N2CCC[C@H](n3cncn3)C2)n1. The Bertz CT molecular complexity index is 617. The van der Waals surface area contributed by atoms with Gasteiger partial charge in [-0.15, -0.1) is 0 Å². The summed E-state index contributed by atoms with van der Waals surface area (Å²) in [7, 11) is 0. The van der Waals surface area contributed by atoms with Gasteiger partial charge in [-0.2, -0.15) is 10.2 Å². The van der Waals surface area contributed by atoms with E-state index in [-0.39, 0.29) is 11.9 Å². The van der Waals surface area contributed by atoms with Gasteiger partial charge in [0.1, 0.15) is 19.2 Å². The van der Waals surface area contributed by atoms with Gasteiger partial charge in [0, 0.05) is 18.8 Å². The molecule has 1 saturated heterocycles. The summed E-state index contributed by atoms with van der Waals surface area (Å²) >= 11 is 0. The van der Waals surface area contributed by atoms with Gasteiger partial charge < -0.3 is 4.90 Å². The summed E-state index contributed by atoms with van der Waals surface area (Å²) in [5.74, 6) is 0.117. The van der Waals surface area contributed by atoms with Crippen LogP contribution in [0.15, 0.2) is 18.7 Å². The highest BCUT2D eigenvalue weighted by Crippen LogP contribution is 2.20. The molecule has 0 saturated carbocycles. The second-order valence-corrected chi connectivity index (χ2v) is 5.60. The molecule has 7 nitrogen and oxygen atoms in total. The number of amides is 1. The molecule has 0 aliphatic carbocycles. The lowest BCUT2D eigenvalue weighted by atomic mass is 10.1. The first-order valence-electron chi connectivity index (χ1n) is 7.26. The van der Waals surface area contributed by atoms with E-state index in [9.17, 15) is 4.79 Å². The Hall–Kier alpha value is -2.18. The average molecular weight is 288 g/mol. The van der Waals surface area contributed by atoms with E-state index in [0.29, 0.717) is 13.1 Å². The maximum atomic E-state index is 12.5. The number of piperidine rings is 1. The van der Waals surface area contributed by atoms with Crippen LogP contribution in [-0.2, 0) is 11.3 Å². The summed E-state index contributed by atoms with van der Waals surface area (Å²) in [4.78, 5) is 18.4. The molecule has 7 heteroatoms. The Labute approximate surface area is 123 Å². The molecule has 0 radical (unpaired) electrons. The highest BCUT2D eigenvalue weighted by atomic mass is 16.2. The third-order valence-corrected chi connectivity index (χ3v) is 3.95. The van der Waals surface area contributed by atoms with Crippen LogP contribution in [0.2, 0.25) is 0 Å². The molecule has 0 spiro atoms. The van der Waals surface area contributed by atoms with Gasteiger partial charge in [-0.3, -0.25) is 9.48 Å². The maximum Gasteiger partial charge on any atom is 0.244 e. The number of hydrogen-bond donors (Lipinski definition) is 0. The van der Waals surface area contributed by atoms with Crippen LogP contribution in [0.25, 0.3) is 0 Å². The summed E-state index contributed by atoms with van der Waals surface area (Å²) in [6.07, 6.45) is 5.29. The first-order valence-corrected chi connectivity index (χ1v) is 7.26. The lowest BCUT2D eigenvalue weighted by molar-refractivity contribution is -0.133. The summed E-state index contributed by atoms with van der Waals surface area (Å²) < 4.78 is 3.62. The number of nitrogens with zero attached hydrogens (tertiary/aromatic N) is 6. The van der Waals surface area contributed by atoms with Crippen molar-refractivity contribution >= 4 is 5.91 Å². The van der Waals surface area contributed by atoms with E-state index in [4.69, 9.17) is 0 Å². The first kappa shape index (κ1) is 13.8. The van der Waals surface area contributed by atoms with E-state index in [1.165, 1.54) is 6.33 Å². The van der Waals surface area contributed by atoms with Crippen LogP contribution in [0.4, 0.5) is 0 Å². The number of aromatic nitrogens is 5. The van der Waals surface area contributed by atoms with Gasteiger partial charge in [0.2, 0.25) is 5.91 Å². The third kappa shape index (κ3) is 2.96. The predicted octanol–water partition coefficient (Wildman–Crippen LogP) is 0.955. The minimum atomic E-state index is 0.117. The molecule has 0 bridgehead atoms. The molecule has 2 aromatic heterocycles. The summed E-state index contributed by atoms with van der Waals surface area (Å²) in [5.41, 5.74) is 1.96. The smallest absolute Gasteiger partial charge is 0.244 e. The molecule has 1 fully saturated rings. The standard InChI is InChI=1S/C14H20N6O/c1-11-6-12(2)19(17-11)8-14(21)18-5-3-4-13(7-18)20-10-15-9-16-20/h6,9-10,13H,3-5,7-8H2,1-2H3/t13-/m0/s1. The van der Waals surface area contributed by atoms with Gasteiger partial charge in [-0.25, -0.2) is 9.67 Å². The van der Waals surface area contributed by atoms with Crippen LogP contribution in [0.1, 0.15) is 30.3 Å². The van der Waals surface area contributed by atoms with Crippen molar-refractivity contribution in [1.29, 1.82) is 0 Å². The molecule has 0 unspecified atom stereocenters. The predicted molar refractivity (Wildman–Crippen MR) is 76.6 cm³/mol. The van der Waals surface area contributed by atoms with Crippen molar-refractivity contribution in [2.75, 3.05) is 13.1 Å². The molecule has 2 aromatic rings. The highest BCUT2D eigenvalue weighted by molar-refractivity contribution is 5.76. The number of carbonyl (C=O) groups is 1. The van der Waals surface area contributed by atoms with E-state index in [1.54, 1.807) is 11.0 Å². The zero-order valence-corrected chi connectivity index (χ0v) is 12.4. The van der Waals surface area contributed by atoms with Crippen molar-refractivity contribution < 1.29 is 4.79 Å². The molecule has 21 heavy (non-hydrogen) atoms. The maximum absolute atomic E-state index is 12.5. The van der Waals surface area contributed by atoms with E-state index in [1.807, 2.05) is 29.5 Å². The number of hydrogen-bond acceptors (Lipinski definition) is 4.